The second-order valence-electron chi connectivity index (χ2n) is 3.55. The van der Waals surface area contributed by atoms with E-state index in [1.54, 1.807) is 11.3 Å². The Hall–Kier alpha value is -0.0600. The van der Waals surface area contributed by atoms with Crippen LogP contribution in [0.4, 0.5) is 0 Å². The van der Waals surface area contributed by atoms with Gasteiger partial charge in [0, 0.05) is 11.9 Å². The monoisotopic (exact) mass is 230 g/mol. The van der Waals surface area contributed by atoms with Crippen LogP contribution in [0.3, 0.4) is 0 Å². The number of hydrogen-bond acceptors (Lipinski definition) is 4. The molecule has 0 aliphatic heterocycles. The second-order valence-corrected chi connectivity index (χ2v) is 5.52. The molecule has 1 atom stereocenters. The van der Waals surface area contributed by atoms with Crippen molar-refractivity contribution in [1.82, 2.24) is 10.3 Å². The molecule has 0 aromatic carbocycles. The fourth-order valence-electron chi connectivity index (χ4n) is 1.28. The second kappa shape index (κ2) is 6.43. The van der Waals surface area contributed by atoms with Gasteiger partial charge in [0.2, 0.25) is 0 Å². The maximum Gasteiger partial charge on any atom is 0.0897 e. The van der Waals surface area contributed by atoms with Gasteiger partial charge in [0.25, 0.3) is 0 Å². The van der Waals surface area contributed by atoms with Crippen LogP contribution in [0.1, 0.15) is 17.6 Å². The number of hydrogen-bond donors (Lipinski definition) is 1. The summed E-state index contributed by atoms with van der Waals surface area (Å²) in [7, 11) is 0. The third-order valence-electron chi connectivity index (χ3n) is 1.92. The molecule has 1 unspecified atom stereocenters. The zero-order valence-electron chi connectivity index (χ0n) is 9.04. The number of nitrogens with zero attached hydrogens (tertiary/aromatic N) is 1. The van der Waals surface area contributed by atoms with Crippen molar-refractivity contribution >= 4 is 23.1 Å². The first-order valence-electron chi connectivity index (χ1n) is 4.83. The normalized spacial score (nSPS) is 13.1. The minimum atomic E-state index is 0.740. The number of rotatable bonds is 6. The van der Waals surface area contributed by atoms with E-state index in [-0.39, 0.29) is 0 Å². The lowest BCUT2D eigenvalue weighted by Crippen LogP contribution is -2.22. The van der Waals surface area contributed by atoms with Gasteiger partial charge in [-0.2, -0.15) is 11.8 Å². The predicted molar refractivity (Wildman–Crippen MR) is 66.1 cm³/mol. The third kappa shape index (κ3) is 4.44. The molecular weight excluding hydrogens is 212 g/mol. The molecule has 1 aromatic heterocycles. The quantitative estimate of drug-likeness (QED) is 0.813. The molecule has 0 radical (unpaired) electrons. The van der Waals surface area contributed by atoms with Gasteiger partial charge in [-0.05, 0) is 31.4 Å². The molecule has 80 valence electrons. The molecule has 0 fully saturated rings. The van der Waals surface area contributed by atoms with E-state index in [2.05, 4.69) is 28.9 Å². The number of thioether (sulfide) groups is 1. The first kappa shape index (κ1) is 12.0. The Kier molecular flexibility index (Phi) is 5.52. The van der Waals surface area contributed by atoms with Crippen LogP contribution in [0.2, 0.25) is 0 Å². The molecule has 0 aliphatic rings. The highest BCUT2D eigenvalue weighted by atomic mass is 32.2. The molecule has 14 heavy (non-hydrogen) atoms. The van der Waals surface area contributed by atoms with Gasteiger partial charge < -0.3 is 5.32 Å². The van der Waals surface area contributed by atoms with Gasteiger partial charge in [0.1, 0.15) is 0 Å². The van der Waals surface area contributed by atoms with E-state index in [0.717, 1.165) is 24.0 Å². The molecule has 1 N–H and O–H groups in total. The summed E-state index contributed by atoms with van der Waals surface area (Å²) < 4.78 is 0. The Labute approximate surface area is 94.5 Å². The number of aryl methyl sites for hydroxylation is 1. The summed E-state index contributed by atoms with van der Waals surface area (Å²) in [5.74, 6) is 1.97. The highest BCUT2D eigenvalue weighted by Crippen LogP contribution is 2.08. The summed E-state index contributed by atoms with van der Waals surface area (Å²) in [6.07, 6.45) is 2.15. The van der Waals surface area contributed by atoms with Crippen LogP contribution in [0, 0.1) is 12.8 Å². The van der Waals surface area contributed by atoms with Crippen molar-refractivity contribution in [3.8, 4) is 0 Å². The molecule has 0 amide bonds. The molecule has 1 rings (SSSR count). The van der Waals surface area contributed by atoms with Crippen LogP contribution >= 0.6 is 23.1 Å². The van der Waals surface area contributed by atoms with Crippen LogP contribution in [-0.4, -0.2) is 23.5 Å². The van der Waals surface area contributed by atoms with Crippen molar-refractivity contribution < 1.29 is 0 Å². The maximum absolute atomic E-state index is 4.40. The Morgan fingerprint density at radius 2 is 2.43 bits per heavy atom. The summed E-state index contributed by atoms with van der Waals surface area (Å²) in [6, 6.07) is 0. The van der Waals surface area contributed by atoms with Gasteiger partial charge >= 0.3 is 0 Å². The van der Waals surface area contributed by atoms with Crippen molar-refractivity contribution in [3.05, 3.63) is 16.1 Å². The molecule has 0 spiro atoms. The summed E-state index contributed by atoms with van der Waals surface area (Å²) in [5, 5.41) is 6.71. The summed E-state index contributed by atoms with van der Waals surface area (Å²) in [5.41, 5.74) is 1.17. The lowest BCUT2D eigenvalue weighted by Gasteiger charge is -2.09. The molecule has 0 saturated carbocycles. The van der Waals surface area contributed by atoms with E-state index in [4.69, 9.17) is 0 Å². The van der Waals surface area contributed by atoms with Gasteiger partial charge in [-0.3, -0.25) is 0 Å². The largest absolute Gasteiger partial charge is 0.311 e. The molecular formula is C10H18N2S2. The molecule has 0 aliphatic carbocycles. The first-order valence-corrected chi connectivity index (χ1v) is 7.10. The molecule has 4 heteroatoms. The van der Waals surface area contributed by atoms with Gasteiger partial charge in [-0.15, -0.1) is 11.3 Å². The van der Waals surface area contributed by atoms with E-state index >= 15 is 0 Å². The molecule has 0 saturated heterocycles. The highest BCUT2D eigenvalue weighted by molar-refractivity contribution is 7.98. The van der Waals surface area contributed by atoms with E-state index in [1.807, 2.05) is 18.7 Å². The minimum Gasteiger partial charge on any atom is -0.311 e. The Bertz CT molecular complexity index is 260. The van der Waals surface area contributed by atoms with Crippen molar-refractivity contribution in [1.29, 1.82) is 0 Å². The van der Waals surface area contributed by atoms with Crippen molar-refractivity contribution in [2.45, 2.75) is 20.4 Å². The van der Waals surface area contributed by atoms with E-state index < -0.39 is 0 Å². The Morgan fingerprint density at radius 1 is 1.64 bits per heavy atom. The van der Waals surface area contributed by atoms with Crippen LogP contribution in [0.25, 0.3) is 0 Å². The lowest BCUT2D eigenvalue weighted by molar-refractivity contribution is 0.555. The van der Waals surface area contributed by atoms with Crippen LogP contribution in [0.15, 0.2) is 5.38 Å². The van der Waals surface area contributed by atoms with Crippen molar-refractivity contribution in [2.24, 2.45) is 5.92 Å². The summed E-state index contributed by atoms with van der Waals surface area (Å²) in [6.45, 7) is 6.31. The standard InChI is InChI=1S/C10H18N2S2/c1-8(6-13-3)4-11-5-10-7-14-9(2)12-10/h7-8,11H,4-6H2,1-3H3. The van der Waals surface area contributed by atoms with Gasteiger partial charge in [0.05, 0.1) is 10.7 Å². The fourth-order valence-corrected chi connectivity index (χ4v) is 2.58. The maximum atomic E-state index is 4.40. The third-order valence-corrected chi connectivity index (χ3v) is 3.64. The zero-order valence-corrected chi connectivity index (χ0v) is 10.7. The van der Waals surface area contributed by atoms with Crippen molar-refractivity contribution in [3.63, 3.8) is 0 Å². The number of aromatic nitrogens is 1. The first-order chi connectivity index (χ1) is 6.72. The van der Waals surface area contributed by atoms with Crippen LogP contribution in [-0.2, 0) is 6.54 Å². The molecule has 1 heterocycles. The van der Waals surface area contributed by atoms with E-state index in [0.29, 0.717) is 0 Å². The average molecular weight is 230 g/mol. The predicted octanol–water partition coefficient (Wildman–Crippen LogP) is 2.54. The van der Waals surface area contributed by atoms with Gasteiger partial charge in [-0.25, -0.2) is 4.98 Å². The fraction of sp³-hybridized carbons (Fsp3) is 0.700. The molecule has 1 aromatic rings. The van der Waals surface area contributed by atoms with Gasteiger partial charge in [-0.1, -0.05) is 6.92 Å². The van der Waals surface area contributed by atoms with Crippen LogP contribution < -0.4 is 5.32 Å². The SMILES string of the molecule is CSCC(C)CNCc1csc(C)n1. The van der Waals surface area contributed by atoms with E-state index in [1.165, 1.54) is 11.4 Å². The number of nitrogens with one attached hydrogen (secondary N) is 1. The zero-order chi connectivity index (χ0) is 10.4. The summed E-state index contributed by atoms with van der Waals surface area (Å²) in [4.78, 5) is 4.40. The average Bonchev–Trinajstić information content (AvgIpc) is 2.52. The van der Waals surface area contributed by atoms with Crippen LogP contribution in [0.5, 0.6) is 0 Å². The topological polar surface area (TPSA) is 24.9 Å². The smallest absolute Gasteiger partial charge is 0.0897 e. The number of thiazole rings is 1. The molecule has 0 bridgehead atoms. The van der Waals surface area contributed by atoms with Crippen molar-refractivity contribution in [2.75, 3.05) is 18.6 Å². The lowest BCUT2D eigenvalue weighted by atomic mass is 10.2. The molecule has 2 nitrogen and oxygen atoms in total. The Morgan fingerprint density at radius 3 is 3.00 bits per heavy atom. The van der Waals surface area contributed by atoms with Gasteiger partial charge in [0.15, 0.2) is 0 Å². The van der Waals surface area contributed by atoms with E-state index in [9.17, 15) is 0 Å². The summed E-state index contributed by atoms with van der Waals surface area (Å²) >= 11 is 3.62. The highest BCUT2D eigenvalue weighted by Gasteiger charge is 2.01. The minimum absolute atomic E-state index is 0.740. The Balaban J connectivity index is 2.15.